The number of methoxy groups -OCH3 is 2. The normalized spacial score (nSPS) is 15.5. The smallest absolute Gasteiger partial charge is 0.144 e. The molecule has 0 spiro atoms. The fourth-order valence-corrected chi connectivity index (χ4v) is 3.61. The summed E-state index contributed by atoms with van der Waals surface area (Å²) in [5.74, 6) is 1.91. The summed E-state index contributed by atoms with van der Waals surface area (Å²) < 4.78 is 11.0. The second-order valence-electron chi connectivity index (χ2n) is 6.59. The molecule has 0 atom stereocenters. The fraction of sp³-hybridized carbons (Fsp3) is 0.381. The average Bonchev–Trinajstić information content (AvgIpc) is 2.60. The van der Waals surface area contributed by atoms with Gasteiger partial charge in [0.05, 0.1) is 19.6 Å². The SMILES string of the molecule is COc1ccc2cc1CCCc1cc(ccc1OC)C2(C)C(C)=O. The van der Waals surface area contributed by atoms with Gasteiger partial charge in [0.1, 0.15) is 17.3 Å². The van der Waals surface area contributed by atoms with Crippen molar-refractivity contribution in [2.24, 2.45) is 0 Å². The molecule has 0 saturated carbocycles. The number of ketones is 1. The molecule has 3 rings (SSSR count). The van der Waals surface area contributed by atoms with Crippen LogP contribution in [0.25, 0.3) is 0 Å². The summed E-state index contributed by atoms with van der Waals surface area (Å²) in [5.41, 5.74) is 3.69. The Morgan fingerprint density at radius 3 is 1.75 bits per heavy atom. The minimum atomic E-state index is -0.667. The van der Waals surface area contributed by atoms with Crippen LogP contribution in [0, 0.1) is 0 Å². The van der Waals surface area contributed by atoms with Gasteiger partial charge in [0.25, 0.3) is 0 Å². The fourth-order valence-electron chi connectivity index (χ4n) is 3.61. The number of hydrogen-bond acceptors (Lipinski definition) is 3. The van der Waals surface area contributed by atoms with Gasteiger partial charge in [0.2, 0.25) is 0 Å². The molecule has 0 saturated heterocycles. The van der Waals surface area contributed by atoms with E-state index in [4.69, 9.17) is 9.47 Å². The molecule has 2 aromatic carbocycles. The molecule has 0 amide bonds. The molecule has 0 fully saturated rings. The largest absolute Gasteiger partial charge is 0.496 e. The van der Waals surface area contributed by atoms with Crippen molar-refractivity contribution in [2.75, 3.05) is 14.2 Å². The lowest BCUT2D eigenvalue weighted by molar-refractivity contribution is -0.120. The lowest BCUT2D eigenvalue weighted by atomic mass is 9.72. The molecule has 0 aliphatic heterocycles. The van der Waals surface area contributed by atoms with Crippen LogP contribution in [-0.4, -0.2) is 20.0 Å². The van der Waals surface area contributed by atoms with Crippen LogP contribution in [0.15, 0.2) is 36.4 Å². The quantitative estimate of drug-likeness (QED) is 0.853. The van der Waals surface area contributed by atoms with Crippen LogP contribution in [0.4, 0.5) is 0 Å². The zero-order valence-corrected chi connectivity index (χ0v) is 14.8. The Bertz CT molecular complexity index is 721. The maximum Gasteiger partial charge on any atom is 0.144 e. The number of carbonyl (C=O) groups excluding carboxylic acids is 1. The summed E-state index contributed by atoms with van der Waals surface area (Å²) in [4.78, 5) is 12.6. The minimum absolute atomic E-state index is 0.135. The van der Waals surface area contributed by atoms with Crippen LogP contribution in [0.3, 0.4) is 0 Å². The Morgan fingerprint density at radius 2 is 1.38 bits per heavy atom. The van der Waals surface area contributed by atoms with E-state index in [9.17, 15) is 4.79 Å². The van der Waals surface area contributed by atoms with Gasteiger partial charge in [-0.15, -0.1) is 0 Å². The molecular formula is C21H24O3. The Balaban J connectivity index is 2.26. The first kappa shape index (κ1) is 16.6. The Morgan fingerprint density at radius 1 is 0.917 bits per heavy atom. The molecular weight excluding hydrogens is 300 g/mol. The van der Waals surface area contributed by atoms with E-state index in [2.05, 4.69) is 12.1 Å². The molecule has 4 bridgehead atoms. The molecule has 0 N–H and O–H groups in total. The Kier molecular flexibility index (Phi) is 4.35. The monoisotopic (exact) mass is 324 g/mol. The molecule has 126 valence electrons. The predicted molar refractivity (Wildman–Crippen MR) is 95.1 cm³/mol. The molecule has 0 heterocycles. The van der Waals surface area contributed by atoms with Crippen LogP contribution in [0.2, 0.25) is 0 Å². The number of benzene rings is 2. The first-order valence-electron chi connectivity index (χ1n) is 8.36. The van der Waals surface area contributed by atoms with Crippen molar-refractivity contribution in [3.63, 3.8) is 0 Å². The summed E-state index contributed by atoms with van der Waals surface area (Å²) in [6.45, 7) is 3.67. The minimum Gasteiger partial charge on any atom is -0.496 e. The van der Waals surface area contributed by atoms with E-state index in [0.29, 0.717) is 0 Å². The lowest BCUT2D eigenvalue weighted by Gasteiger charge is -2.30. The number of ether oxygens (including phenoxy) is 2. The molecule has 3 nitrogen and oxygen atoms in total. The van der Waals surface area contributed by atoms with Gasteiger partial charge in [-0.2, -0.15) is 0 Å². The lowest BCUT2D eigenvalue weighted by Crippen LogP contribution is -2.32. The third-order valence-corrected chi connectivity index (χ3v) is 5.31. The predicted octanol–water partition coefficient (Wildman–Crippen LogP) is 4.09. The first-order chi connectivity index (χ1) is 11.5. The van der Waals surface area contributed by atoms with E-state index >= 15 is 0 Å². The van der Waals surface area contributed by atoms with Crippen LogP contribution >= 0.6 is 0 Å². The molecule has 1 aliphatic carbocycles. The van der Waals surface area contributed by atoms with Crippen molar-refractivity contribution in [2.45, 2.75) is 38.5 Å². The molecule has 1 aliphatic rings. The average molecular weight is 324 g/mol. The third kappa shape index (κ3) is 2.58. The maximum atomic E-state index is 12.6. The highest BCUT2D eigenvalue weighted by Crippen LogP contribution is 2.38. The molecule has 3 heteroatoms. The van der Waals surface area contributed by atoms with Crippen LogP contribution in [0.1, 0.15) is 42.5 Å². The summed E-state index contributed by atoms with van der Waals surface area (Å²) in [7, 11) is 3.39. The highest BCUT2D eigenvalue weighted by atomic mass is 16.5. The van der Waals surface area contributed by atoms with E-state index < -0.39 is 5.41 Å². The summed E-state index contributed by atoms with van der Waals surface area (Å²) in [6.07, 6.45) is 2.84. The van der Waals surface area contributed by atoms with Gasteiger partial charge in [0.15, 0.2) is 0 Å². The van der Waals surface area contributed by atoms with Gasteiger partial charge < -0.3 is 9.47 Å². The number of rotatable bonds is 3. The number of hydrogen-bond donors (Lipinski definition) is 0. The number of Topliss-reactive ketones (excluding diaryl/α,β-unsaturated/α-hetero) is 1. The van der Waals surface area contributed by atoms with E-state index in [0.717, 1.165) is 53.0 Å². The Hall–Kier alpha value is -2.29. The molecule has 2 aromatic rings. The molecule has 24 heavy (non-hydrogen) atoms. The van der Waals surface area contributed by atoms with Crippen molar-refractivity contribution < 1.29 is 14.3 Å². The van der Waals surface area contributed by atoms with Crippen LogP contribution in [-0.2, 0) is 23.1 Å². The van der Waals surface area contributed by atoms with E-state index in [-0.39, 0.29) is 5.78 Å². The number of carbonyl (C=O) groups is 1. The summed E-state index contributed by atoms with van der Waals surface area (Å²) in [5, 5.41) is 0. The summed E-state index contributed by atoms with van der Waals surface area (Å²) in [6, 6.07) is 12.3. The second-order valence-corrected chi connectivity index (χ2v) is 6.59. The number of aryl methyl sites for hydroxylation is 2. The highest BCUT2D eigenvalue weighted by molar-refractivity contribution is 5.91. The third-order valence-electron chi connectivity index (χ3n) is 5.31. The summed E-state index contributed by atoms with van der Waals surface area (Å²) >= 11 is 0. The van der Waals surface area contributed by atoms with Gasteiger partial charge in [-0.1, -0.05) is 24.3 Å². The highest BCUT2D eigenvalue weighted by Gasteiger charge is 2.35. The molecule has 0 unspecified atom stereocenters. The topological polar surface area (TPSA) is 35.5 Å². The standard InChI is InChI=1S/C21H24O3/c1-14(22)21(2)17-8-10-19(23-3)15(12-17)6-5-7-16-13-18(21)9-11-20(16)24-4/h8-13H,5-7H2,1-4H3. The second kappa shape index (κ2) is 6.31. The van der Waals surface area contributed by atoms with Crippen LogP contribution in [0.5, 0.6) is 11.5 Å². The van der Waals surface area contributed by atoms with Crippen molar-refractivity contribution >= 4 is 5.78 Å². The Labute approximate surface area is 143 Å². The van der Waals surface area contributed by atoms with Crippen molar-refractivity contribution in [3.05, 3.63) is 58.7 Å². The van der Waals surface area contributed by atoms with E-state index in [1.807, 2.05) is 31.2 Å². The molecule has 0 radical (unpaired) electrons. The molecule has 0 aromatic heterocycles. The van der Waals surface area contributed by atoms with Gasteiger partial charge in [-0.25, -0.2) is 0 Å². The van der Waals surface area contributed by atoms with Crippen molar-refractivity contribution in [3.8, 4) is 11.5 Å². The maximum absolute atomic E-state index is 12.6. The van der Waals surface area contributed by atoms with Crippen LogP contribution < -0.4 is 9.47 Å². The van der Waals surface area contributed by atoms with Crippen molar-refractivity contribution in [1.82, 2.24) is 0 Å². The first-order valence-corrected chi connectivity index (χ1v) is 8.36. The zero-order chi connectivity index (χ0) is 17.3. The van der Waals surface area contributed by atoms with Gasteiger partial charge in [-0.3, -0.25) is 4.79 Å². The van der Waals surface area contributed by atoms with Gasteiger partial charge in [-0.05, 0) is 67.5 Å². The zero-order valence-electron chi connectivity index (χ0n) is 14.8. The van der Waals surface area contributed by atoms with Gasteiger partial charge >= 0.3 is 0 Å². The van der Waals surface area contributed by atoms with Crippen molar-refractivity contribution in [1.29, 1.82) is 0 Å². The number of fused-ring (bicyclic) bond motifs is 4. The van der Waals surface area contributed by atoms with Gasteiger partial charge in [0, 0.05) is 0 Å². The van der Waals surface area contributed by atoms with E-state index in [1.54, 1.807) is 21.1 Å². The van der Waals surface area contributed by atoms with E-state index in [1.165, 1.54) is 0 Å².